The molecule has 1 rings (SSSR count). The molecule has 0 aliphatic heterocycles. The highest BCUT2D eigenvalue weighted by atomic mass is 79.9. The first-order chi connectivity index (χ1) is 7.15. The lowest BCUT2D eigenvalue weighted by atomic mass is 10.0. The highest BCUT2D eigenvalue weighted by Gasteiger charge is 2.09. The number of nitrogens with two attached hydrogens (primary N) is 1. The monoisotopic (exact) mass is 270 g/mol. The summed E-state index contributed by atoms with van der Waals surface area (Å²) < 4.78 is 1.11. The van der Waals surface area contributed by atoms with Crippen LogP contribution < -0.4 is 5.73 Å². The van der Waals surface area contributed by atoms with Gasteiger partial charge in [0.05, 0.1) is 0 Å². The van der Waals surface area contributed by atoms with E-state index >= 15 is 0 Å². The van der Waals surface area contributed by atoms with Crippen molar-refractivity contribution in [2.24, 2.45) is 5.73 Å². The number of benzene rings is 1. The molecule has 0 heterocycles. The quantitative estimate of drug-likeness (QED) is 0.892. The maximum atomic E-state index is 6.14. The smallest absolute Gasteiger partial charge is 0.0318 e. The van der Waals surface area contributed by atoms with E-state index in [4.69, 9.17) is 5.73 Å². The molecule has 0 fully saturated rings. The van der Waals surface area contributed by atoms with Crippen LogP contribution in [-0.2, 0) is 0 Å². The number of hydrogen-bond acceptors (Lipinski definition) is 2. The highest BCUT2D eigenvalue weighted by molar-refractivity contribution is 9.10. The second-order valence-electron chi connectivity index (χ2n) is 3.81. The van der Waals surface area contributed by atoms with Crippen LogP contribution in [0.1, 0.15) is 24.9 Å². The number of hydrogen-bond donors (Lipinski definition) is 1. The van der Waals surface area contributed by atoms with Crippen LogP contribution in [0.5, 0.6) is 0 Å². The van der Waals surface area contributed by atoms with Crippen LogP contribution in [0.3, 0.4) is 0 Å². The summed E-state index contributed by atoms with van der Waals surface area (Å²) in [5, 5.41) is 0. The van der Waals surface area contributed by atoms with Gasteiger partial charge in [-0.1, -0.05) is 41.1 Å². The number of nitrogens with zero attached hydrogens (tertiary/aromatic N) is 1. The van der Waals surface area contributed by atoms with Crippen LogP contribution in [0.15, 0.2) is 28.7 Å². The van der Waals surface area contributed by atoms with Crippen LogP contribution >= 0.6 is 15.9 Å². The molecule has 1 aromatic carbocycles. The van der Waals surface area contributed by atoms with Crippen molar-refractivity contribution in [1.82, 2.24) is 4.90 Å². The van der Waals surface area contributed by atoms with E-state index in [1.165, 1.54) is 5.56 Å². The van der Waals surface area contributed by atoms with Crippen LogP contribution in [0.4, 0.5) is 0 Å². The third kappa shape index (κ3) is 3.93. The Labute approximate surface area is 101 Å². The Balaban J connectivity index is 2.54. The van der Waals surface area contributed by atoms with Gasteiger partial charge in [-0.2, -0.15) is 0 Å². The largest absolute Gasteiger partial charge is 0.324 e. The Morgan fingerprint density at radius 1 is 1.40 bits per heavy atom. The minimum absolute atomic E-state index is 0.120. The van der Waals surface area contributed by atoms with E-state index in [1.54, 1.807) is 0 Å². The van der Waals surface area contributed by atoms with E-state index in [0.29, 0.717) is 0 Å². The Kier molecular flexibility index (Phi) is 5.29. The predicted octanol–water partition coefficient (Wildman–Crippen LogP) is 2.79. The third-order valence-electron chi connectivity index (χ3n) is 2.67. The summed E-state index contributed by atoms with van der Waals surface area (Å²) in [7, 11) is 2.12. The molecule has 1 aromatic rings. The van der Waals surface area contributed by atoms with Gasteiger partial charge >= 0.3 is 0 Å². The molecule has 0 aromatic heterocycles. The topological polar surface area (TPSA) is 29.3 Å². The number of halogens is 1. The molecule has 2 N–H and O–H groups in total. The summed E-state index contributed by atoms with van der Waals surface area (Å²) in [5.74, 6) is 0. The van der Waals surface area contributed by atoms with Crippen LogP contribution in [0.2, 0.25) is 0 Å². The summed E-state index contributed by atoms with van der Waals surface area (Å²) in [4.78, 5) is 2.27. The molecule has 3 heteroatoms. The molecule has 0 aliphatic rings. The van der Waals surface area contributed by atoms with Crippen molar-refractivity contribution >= 4 is 15.9 Å². The molecule has 0 saturated heterocycles. The molecule has 84 valence electrons. The lowest BCUT2D eigenvalue weighted by Crippen LogP contribution is -2.23. The summed E-state index contributed by atoms with van der Waals surface area (Å²) in [6, 6.07) is 8.29. The second kappa shape index (κ2) is 6.26. The fourth-order valence-corrected chi connectivity index (χ4v) is 2.03. The van der Waals surface area contributed by atoms with Gasteiger partial charge in [0.25, 0.3) is 0 Å². The van der Waals surface area contributed by atoms with Gasteiger partial charge in [-0.05, 0) is 38.2 Å². The Morgan fingerprint density at radius 2 is 2.07 bits per heavy atom. The van der Waals surface area contributed by atoms with Crippen LogP contribution in [0.25, 0.3) is 0 Å². The molecule has 1 atom stereocenters. The van der Waals surface area contributed by atoms with Crippen molar-refractivity contribution in [3.05, 3.63) is 34.3 Å². The first kappa shape index (κ1) is 12.7. The third-order valence-corrected chi connectivity index (χ3v) is 3.39. The SMILES string of the molecule is CCN(C)CCC(N)c1ccccc1Br. The fraction of sp³-hybridized carbons (Fsp3) is 0.500. The van der Waals surface area contributed by atoms with E-state index in [9.17, 15) is 0 Å². The molecular formula is C12H19BrN2. The van der Waals surface area contributed by atoms with Gasteiger partial charge in [0.15, 0.2) is 0 Å². The Hall–Kier alpha value is -0.380. The summed E-state index contributed by atoms with van der Waals surface area (Å²) >= 11 is 3.53. The standard InChI is InChI=1S/C12H19BrN2/c1-3-15(2)9-8-12(14)10-6-4-5-7-11(10)13/h4-7,12H,3,8-9,14H2,1-2H3. The van der Waals surface area contributed by atoms with E-state index < -0.39 is 0 Å². The lowest BCUT2D eigenvalue weighted by Gasteiger charge is -2.18. The van der Waals surface area contributed by atoms with Gasteiger partial charge in [0.2, 0.25) is 0 Å². The van der Waals surface area contributed by atoms with E-state index in [0.717, 1.165) is 24.0 Å². The van der Waals surface area contributed by atoms with Gasteiger partial charge in [0, 0.05) is 10.5 Å². The van der Waals surface area contributed by atoms with E-state index in [1.807, 2.05) is 18.2 Å². The lowest BCUT2D eigenvalue weighted by molar-refractivity contribution is 0.335. The zero-order valence-corrected chi connectivity index (χ0v) is 11.0. The molecule has 0 aliphatic carbocycles. The van der Waals surface area contributed by atoms with Crippen molar-refractivity contribution in [1.29, 1.82) is 0 Å². The molecule has 0 bridgehead atoms. The summed E-state index contributed by atoms with van der Waals surface area (Å²) in [6.07, 6.45) is 0.993. The summed E-state index contributed by atoms with van der Waals surface area (Å²) in [6.45, 7) is 4.27. The fourth-order valence-electron chi connectivity index (χ4n) is 1.45. The molecule has 2 nitrogen and oxygen atoms in total. The molecule has 0 saturated carbocycles. The first-order valence-corrected chi connectivity index (χ1v) is 6.13. The average molecular weight is 271 g/mol. The Morgan fingerprint density at radius 3 is 2.67 bits per heavy atom. The normalized spacial score (nSPS) is 13.1. The van der Waals surface area contributed by atoms with Gasteiger partial charge in [-0.15, -0.1) is 0 Å². The van der Waals surface area contributed by atoms with Crippen molar-refractivity contribution in [2.45, 2.75) is 19.4 Å². The van der Waals surface area contributed by atoms with Crippen molar-refractivity contribution < 1.29 is 0 Å². The van der Waals surface area contributed by atoms with Crippen LogP contribution in [0, 0.1) is 0 Å². The minimum Gasteiger partial charge on any atom is -0.324 e. The van der Waals surface area contributed by atoms with Crippen molar-refractivity contribution in [2.75, 3.05) is 20.1 Å². The van der Waals surface area contributed by atoms with Gasteiger partial charge in [0.1, 0.15) is 0 Å². The molecule has 15 heavy (non-hydrogen) atoms. The zero-order valence-electron chi connectivity index (χ0n) is 9.41. The summed E-state index contributed by atoms with van der Waals surface area (Å²) in [5.41, 5.74) is 7.34. The predicted molar refractivity (Wildman–Crippen MR) is 68.9 cm³/mol. The number of rotatable bonds is 5. The molecule has 1 unspecified atom stereocenters. The zero-order chi connectivity index (χ0) is 11.3. The van der Waals surface area contributed by atoms with Crippen LogP contribution in [-0.4, -0.2) is 25.0 Å². The van der Waals surface area contributed by atoms with E-state index in [-0.39, 0.29) is 6.04 Å². The Bertz CT molecular complexity index is 301. The first-order valence-electron chi connectivity index (χ1n) is 5.33. The van der Waals surface area contributed by atoms with Gasteiger partial charge in [-0.3, -0.25) is 0 Å². The second-order valence-corrected chi connectivity index (χ2v) is 4.67. The highest BCUT2D eigenvalue weighted by Crippen LogP contribution is 2.23. The minimum atomic E-state index is 0.120. The molecule has 0 spiro atoms. The van der Waals surface area contributed by atoms with Crippen molar-refractivity contribution in [3.8, 4) is 0 Å². The molecular weight excluding hydrogens is 252 g/mol. The average Bonchev–Trinajstić information content (AvgIpc) is 2.26. The van der Waals surface area contributed by atoms with Gasteiger partial charge < -0.3 is 10.6 Å². The van der Waals surface area contributed by atoms with Gasteiger partial charge in [-0.25, -0.2) is 0 Å². The maximum Gasteiger partial charge on any atom is 0.0318 e. The van der Waals surface area contributed by atoms with Crippen molar-refractivity contribution in [3.63, 3.8) is 0 Å². The van der Waals surface area contributed by atoms with E-state index in [2.05, 4.69) is 40.9 Å². The molecule has 0 radical (unpaired) electrons. The molecule has 0 amide bonds. The maximum absolute atomic E-state index is 6.14.